The average molecular weight is 135 g/mol. The standard InChI is InChI=1S/C5H7NO3.Li/c7-4-3(5(8)9)1-2-6-4;/h3H,1-2H2,(H,6,7)(H,8,9);/q;+1/p-1. The molecule has 1 fully saturated rings. The number of hydrogen-bond acceptors (Lipinski definition) is 3. The van der Waals surface area contributed by atoms with Crippen LogP contribution in [0.2, 0.25) is 0 Å². The van der Waals surface area contributed by atoms with Crippen molar-refractivity contribution in [1.29, 1.82) is 0 Å². The number of carboxylic acids is 1. The summed E-state index contributed by atoms with van der Waals surface area (Å²) in [4.78, 5) is 20.5. The molecular weight excluding hydrogens is 129 g/mol. The predicted molar refractivity (Wildman–Crippen MR) is 26.1 cm³/mol. The van der Waals surface area contributed by atoms with Crippen molar-refractivity contribution in [2.45, 2.75) is 6.42 Å². The molecule has 1 saturated heterocycles. The van der Waals surface area contributed by atoms with E-state index in [9.17, 15) is 14.7 Å². The zero-order chi connectivity index (χ0) is 6.85. The second kappa shape index (κ2) is 3.64. The third-order valence-corrected chi connectivity index (χ3v) is 1.33. The van der Waals surface area contributed by atoms with Crippen molar-refractivity contribution in [2.24, 2.45) is 5.92 Å². The molecule has 1 aliphatic heterocycles. The Hall–Kier alpha value is -0.463. The maximum absolute atomic E-state index is 10.5. The van der Waals surface area contributed by atoms with E-state index in [0.29, 0.717) is 13.0 Å². The first-order chi connectivity index (χ1) is 4.22. The Kier molecular flexibility index (Phi) is 3.48. The molecule has 0 spiro atoms. The fourth-order valence-corrected chi connectivity index (χ4v) is 0.819. The van der Waals surface area contributed by atoms with E-state index >= 15 is 0 Å². The molecule has 1 aliphatic rings. The van der Waals surface area contributed by atoms with Crippen molar-refractivity contribution < 1.29 is 33.6 Å². The Morgan fingerprint density at radius 1 is 1.70 bits per heavy atom. The second-order valence-electron chi connectivity index (χ2n) is 1.95. The van der Waals surface area contributed by atoms with Crippen molar-refractivity contribution in [3.05, 3.63) is 0 Å². The summed E-state index contributed by atoms with van der Waals surface area (Å²) < 4.78 is 0. The smallest absolute Gasteiger partial charge is 0.549 e. The molecule has 50 valence electrons. The molecule has 1 N–H and O–H groups in total. The van der Waals surface area contributed by atoms with E-state index in [4.69, 9.17) is 0 Å². The van der Waals surface area contributed by atoms with Crippen molar-refractivity contribution in [3.63, 3.8) is 0 Å². The number of amides is 1. The molecule has 1 atom stereocenters. The Morgan fingerprint density at radius 3 is 2.50 bits per heavy atom. The molecule has 10 heavy (non-hydrogen) atoms. The van der Waals surface area contributed by atoms with Crippen molar-refractivity contribution >= 4 is 11.9 Å². The first kappa shape index (κ1) is 9.54. The van der Waals surface area contributed by atoms with E-state index in [-0.39, 0.29) is 18.9 Å². The summed E-state index contributed by atoms with van der Waals surface area (Å²) in [6, 6.07) is 0. The molecule has 0 aromatic rings. The van der Waals surface area contributed by atoms with Gasteiger partial charge in [0, 0.05) is 6.54 Å². The van der Waals surface area contributed by atoms with Crippen LogP contribution >= 0.6 is 0 Å². The first-order valence-electron chi connectivity index (χ1n) is 2.70. The molecule has 1 unspecified atom stereocenters. The predicted octanol–water partition coefficient (Wildman–Crippen LogP) is -5.12. The van der Waals surface area contributed by atoms with Crippen LogP contribution in [0, 0.1) is 5.92 Å². The number of rotatable bonds is 1. The minimum atomic E-state index is -1.27. The summed E-state index contributed by atoms with van der Waals surface area (Å²) in [6.07, 6.45) is 0.362. The Balaban J connectivity index is 0.000000810. The number of carbonyl (C=O) groups excluding carboxylic acids is 2. The van der Waals surface area contributed by atoms with Crippen LogP contribution in [-0.4, -0.2) is 18.4 Å². The Labute approximate surface area is 70.2 Å². The van der Waals surface area contributed by atoms with E-state index in [1.165, 1.54) is 0 Å². The van der Waals surface area contributed by atoms with E-state index in [1.54, 1.807) is 0 Å². The van der Waals surface area contributed by atoms with Crippen LogP contribution in [0.3, 0.4) is 0 Å². The molecule has 5 heteroatoms. The third kappa shape index (κ3) is 1.76. The van der Waals surface area contributed by atoms with Gasteiger partial charge >= 0.3 is 18.9 Å². The molecule has 0 radical (unpaired) electrons. The topological polar surface area (TPSA) is 69.2 Å². The molecular formula is C5H6LiNO3. The van der Waals surface area contributed by atoms with Crippen LogP contribution in [0.5, 0.6) is 0 Å². The zero-order valence-electron chi connectivity index (χ0n) is 5.72. The molecule has 1 heterocycles. The third-order valence-electron chi connectivity index (χ3n) is 1.33. The monoisotopic (exact) mass is 135 g/mol. The van der Waals surface area contributed by atoms with Crippen LogP contribution in [0.1, 0.15) is 6.42 Å². The van der Waals surface area contributed by atoms with Crippen LogP contribution in [0.25, 0.3) is 0 Å². The number of carbonyl (C=O) groups is 2. The molecule has 0 aliphatic carbocycles. The summed E-state index contributed by atoms with van der Waals surface area (Å²) in [5.41, 5.74) is 0. The Bertz CT molecular complexity index is 159. The van der Waals surface area contributed by atoms with Crippen molar-refractivity contribution in [2.75, 3.05) is 6.54 Å². The van der Waals surface area contributed by atoms with E-state index in [2.05, 4.69) is 5.32 Å². The molecule has 1 rings (SSSR count). The number of carboxylic acid groups (broad SMARTS) is 1. The maximum atomic E-state index is 10.5. The quantitative estimate of drug-likeness (QED) is 0.289. The molecule has 0 bridgehead atoms. The first-order valence-corrected chi connectivity index (χ1v) is 2.70. The van der Waals surface area contributed by atoms with Gasteiger partial charge in [0.05, 0.1) is 11.9 Å². The molecule has 0 aromatic heterocycles. The Morgan fingerprint density at radius 2 is 2.30 bits per heavy atom. The summed E-state index contributed by atoms with van der Waals surface area (Å²) in [7, 11) is 0. The van der Waals surface area contributed by atoms with Crippen LogP contribution in [0.15, 0.2) is 0 Å². The molecule has 1 amide bonds. The molecule has 0 aromatic carbocycles. The zero-order valence-corrected chi connectivity index (χ0v) is 5.72. The molecule has 0 saturated carbocycles. The van der Waals surface area contributed by atoms with Gasteiger partial charge in [0.15, 0.2) is 0 Å². The van der Waals surface area contributed by atoms with Crippen LogP contribution < -0.4 is 29.3 Å². The van der Waals surface area contributed by atoms with Gasteiger partial charge in [-0.05, 0) is 6.42 Å². The van der Waals surface area contributed by atoms with Gasteiger partial charge in [0.1, 0.15) is 0 Å². The van der Waals surface area contributed by atoms with Crippen LogP contribution in [-0.2, 0) is 9.59 Å². The minimum Gasteiger partial charge on any atom is -0.549 e. The van der Waals surface area contributed by atoms with Gasteiger partial charge in [-0.3, -0.25) is 4.79 Å². The van der Waals surface area contributed by atoms with Crippen molar-refractivity contribution in [3.8, 4) is 0 Å². The minimum absolute atomic E-state index is 0. The summed E-state index contributed by atoms with van der Waals surface area (Å²) in [6.45, 7) is 0.456. The van der Waals surface area contributed by atoms with E-state index in [1.807, 2.05) is 0 Å². The number of nitrogens with one attached hydrogen (secondary N) is 1. The average Bonchev–Trinajstić information content (AvgIpc) is 2.13. The van der Waals surface area contributed by atoms with Gasteiger partial charge in [-0.1, -0.05) is 0 Å². The van der Waals surface area contributed by atoms with Crippen molar-refractivity contribution in [1.82, 2.24) is 5.32 Å². The number of hydrogen-bond donors (Lipinski definition) is 1. The fourth-order valence-electron chi connectivity index (χ4n) is 0.819. The summed E-state index contributed by atoms with van der Waals surface area (Å²) in [5.74, 6) is -2.61. The van der Waals surface area contributed by atoms with E-state index < -0.39 is 17.8 Å². The van der Waals surface area contributed by atoms with Gasteiger partial charge in [0.2, 0.25) is 5.91 Å². The molecule has 4 nitrogen and oxygen atoms in total. The van der Waals surface area contributed by atoms with Gasteiger partial charge in [-0.15, -0.1) is 0 Å². The fraction of sp³-hybridized carbons (Fsp3) is 0.600. The maximum Gasteiger partial charge on any atom is 1.00 e. The second-order valence-corrected chi connectivity index (χ2v) is 1.95. The van der Waals surface area contributed by atoms with Gasteiger partial charge in [-0.2, -0.15) is 0 Å². The SMILES string of the molecule is O=C([O-])C1CCNC1=O.[Li+]. The number of aliphatic carboxylic acids is 1. The van der Waals surface area contributed by atoms with Gasteiger partial charge in [0.25, 0.3) is 0 Å². The van der Waals surface area contributed by atoms with Crippen LogP contribution in [0.4, 0.5) is 0 Å². The summed E-state index contributed by atoms with van der Waals surface area (Å²) >= 11 is 0. The van der Waals surface area contributed by atoms with E-state index in [0.717, 1.165) is 0 Å². The normalized spacial score (nSPS) is 23.2. The van der Waals surface area contributed by atoms with Gasteiger partial charge in [-0.25, -0.2) is 0 Å². The largest absolute Gasteiger partial charge is 1.00 e. The summed E-state index contributed by atoms with van der Waals surface area (Å²) in [5, 5.41) is 12.4. The van der Waals surface area contributed by atoms with Gasteiger partial charge < -0.3 is 15.2 Å².